The van der Waals surface area contributed by atoms with Crippen molar-refractivity contribution >= 4 is 34.4 Å². The summed E-state index contributed by atoms with van der Waals surface area (Å²) in [6.45, 7) is 3.88. The maximum absolute atomic E-state index is 12.9. The van der Waals surface area contributed by atoms with E-state index >= 15 is 0 Å². The number of carbonyl (C=O) groups is 2. The summed E-state index contributed by atoms with van der Waals surface area (Å²) in [6.07, 6.45) is 1.59. The number of nitrogens with one attached hydrogen (secondary N) is 1. The van der Waals surface area contributed by atoms with Gasteiger partial charge in [0.2, 0.25) is 0 Å². The van der Waals surface area contributed by atoms with E-state index in [1.165, 1.54) is 5.01 Å². The van der Waals surface area contributed by atoms with Crippen molar-refractivity contribution in [1.82, 2.24) is 5.43 Å². The molecule has 0 radical (unpaired) electrons. The van der Waals surface area contributed by atoms with Crippen molar-refractivity contribution in [3.05, 3.63) is 77.9 Å². The first kappa shape index (κ1) is 17.8. The molecule has 5 heteroatoms. The molecule has 5 nitrogen and oxygen atoms in total. The molecular weight excluding hydrogens is 352 g/mol. The van der Waals surface area contributed by atoms with Crippen LogP contribution in [0.2, 0.25) is 0 Å². The molecule has 0 saturated carbocycles. The Labute approximate surface area is 163 Å². The Balaban J connectivity index is 1.83. The van der Waals surface area contributed by atoms with Crippen LogP contribution in [-0.4, -0.2) is 17.9 Å². The van der Waals surface area contributed by atoms with Crippen LogP contribution in [0.5, 0.6) is 5.75 Å². The number of hydrogen-bond donors (Lipinski definition) is 1. The Hall–Kier alpha value is -3.60. The van der Waals surface area contributed by atoms with Gasteiger partial charge in [0, 0.05) is 5.56 Å². The Bertz CT molecular complexity index is 1090. The van der Waals surface area contributed by atoms with Gasteiger partial charge >= 0.3 is 0 Å². The van der Waals surface area contributed by atoms with Gasteiger partial charge in [-0.1, -0.05) is 48.5 Å². The van der Waals surface area contributed by atoms with Gasteiger partial charge in [0.05, 0.1) is 11.8 Å². The average molecular weight is 372 g/mol. The van der Waals surface area contributed by atoms with Crippen LogP contribution < -0.4 is 15.2 Å². The van der Waals surface area contributed by atoms with Crippen LogP contribution in [-0.2, 0) is 9.59 Å². The summed E-state index contributed by atoms with van der Waals surface area (Å²) in [7, 11) is 0. The van der Waals surface area contributed by atoms with Gasteiger partial charge < -0.3 is 4.74 Å². The van der Waals surface area contributed by atoms with E-state index in [-0.39, 0.29) is 17.6 Å². The highest BCUT2D eigenvalue weighted by molar-refractivity contribution is 6.32. The topological polar surface area (TPSA) is 58.6 Å². The SMILES string of the molecule is CC(C)Oc1ccc2ccccc2c1/C=C1/C(=O)NN(c2ccccc2)C1=O. The van der Waals surface area contributed by atoms with E-state index in [2.05, 4.69) is 5.43 Å². The second-order valence-corrected chi connectivity index (χ2v) is 6.84. The number of fused-ring (bicyclic) bond motifs is 1. The minimum absolute atomic E-state index is 0.0350. The van der Waals surface area contributed by atoms with Gasteiger partial charge in [-0.2, -0.15) is 0 Å². The molecule has 0 unspecified atom stereocenters. The number of hydrogen-bond acceptors (Lipinski definition) is 3. The molecule has 1 aliphatic rings. The zero-order valence-corrected chi connectivity index (χ0v) is 15.7. The van der Waals surface area contributed by atoms with Crippen LogP contribution in [0.3, 0.4) is 0 Å². The fourth-order valence-electron chi connectivity index (χ4n) is 3.24. The van der Waals surface area contributed by atoms with E-state index in [4.69, 9.17) is 4.74 Å². The zero-order valence-electron chi connectivity index (χ0n) is 15.7. The number of benzene rings is 3. The van der Waals surface area contributed by atoms with Gasteiger partial charge in [-0.05, 0) is 48.9 Å². The lowest BCUT2D eigenvalue weighted by molar-refractivity contribution is -0.117. The molecule has 3 aromatic carbocycles. The fourth-order valence-corrected chi connectivity index (χ4v) is 3.24. The van der Waals surface area contributed by atoms with Gasteiger partial charge in [-0.3, -0.25) is 15.0 Å². The maximum Gasteiger partial charge on any atom is 0.282 e. The summed E-state index contributed by atoms with van der Waals surface area (Å²) in [5.74, 6) is -0.183. The molecule has 3 aromatic rings. The summed E-state index contributed by atoms with van der Waals surface area (Å²) in [5, 5.41) is 3.20. The second kappa shape index (κ2) is 7.19. The molecule has 140 valence electrons. The summed E-state index contributed by atoms with van der Waals surface area (Å²) in [5.41, 5.74) is 4.05. The van der Waals surface area contributed by atoms with Crippen LogP contribution in [0.15, 0.2) is 72.3 Å². The molecule has 0 bridgehead atoms. The summed E-state index contributed by atoms with van der Waals surface area (Å²) in [4.78, 5) is 25.5. The molecular formula is C23H20N2O3. The Morgan fingerprint density at radius 2 is 1.64 bits per heavy atom. The first-order valence-corrected chi connectivity index (χ1v) is 9.15. The van der Waals surface area contributed by atoms with Gasteiger partial charge in [0.15, 0.2) is 0 Å². The van der Waals surface area contributed by atoms with E-state index in [0.717, 1.165) is 16.3 Å². The Morgan fingerprint density at radius 3 is 2.39 bits per heavy atom. The van der Waals surface area contributed by atoms with Crippen molar-refractivity contribution in [2.75, 3.05) is 5.01 Å². The van der Waals surface area contributed by atoms with E-state index in [0.29, 0.717) is 11.4 Å². The predicted molar refractivity (Wildman–Crippen MR) is 110 cm³/mol. The summed E-state index contributed by atoms with van der Waals surface area (Å²) in [6, 6.07) is 20.7. The van der Waals surface area contributed by atoms with Crippen molar-refractivity contribution in [1.29, 1.82) is 0 Å². The number of nitrogens with zero attached hydrogens (tertiary/aromatic N) is 1. The molecule has 0 aromatic heterocycles. The molecule has 1 N–H and O–H groups in total. The van der Waals surface area contributed by atoms with Crippen LogP contribution >= 0.6 is 0 Å². The van der Waals surface area contributed by atoms with E-state index in [1.807, 2.05) is 68.4 Å². The first-order valence-electron chi connectivity index (χ1n) is 9.15. The summed E-state index contributed by atoms with van der Waals surface area (Å²) >= 11 is 0. The second-order valence-electron chi connectivity index (χ2n) is 6.84. The highest BCUT2D eigenvalue weighted by Gasteiger charge is 2.34. The third-order valence-corrected chi connectivity index (χ3v) is 4.49. The molecule has 0 atom stereocenters. The van der Waals surface area contributed by atoms with Gasteiger partial charge in [0.1, 0.15) is 11.3 Å². The molecule has 4 rings (SSSR count). The Kier molecular flexibility index (Phi) is 4.57. The molecule has 1 fully saturated rings. The highest BCUT2D eigenvalue weighted by Crippen LogP contribution is 2.32. The number of rotatable bonds is 4. The van der Waals surface area contributed by atoms with Gasteiger partial charge in [0.25, 0.3) is 11.8 Å². The lowest BCUT2D eigenvalue weighted by atomic mass is 10.0. The third-order valence-electron chi connectivity index (χ3n) is 4.49. The fraction of sp³-hybridized carbons (Fsp3) is 0.130. The lowest BCUT2D eigenvalue weighted by Crippen LogP contribution is -2.35. The highest BCUT2D eigenvalue weighted by atomic mass is 16.5. The standard InChI is InChI=1S/C23H20N2O3/c1-15(2)28-21-13-12-16-8-6-7-11-18(16)19(21)14-20-22(26)24-25(23(20)27)17-9-4-3-5-10-17/h3-15H,1-2H3,(H,24,26)/b20-14-. The minimum atomic E-state index is -0.433. The molecule has 2 amide bonds. The molecule has 0 aliphatic carbocycles. The summed E-state index contributed by atoms with van der Waals surface area (Å²) < 4.78 is 5.94. The monoisotopic (exact) mass is 372 g/mol. The minimum Gasteiger partial charge on any atom is -0.490 e. The maximum atomic E-state index is 12.9. The van der Waals surface area contributed by atoms with Crippen molar-refractivity contribution in [3.63, 3.8) is 0 Å². The number of anilines is 1. The van der Waals surface area contributed by atoms with Crippen LogP contribution in [0.4, 0.5) is 5.69 Å². The van der Waals surface area contributed by atoms with Crippen LogP contribution in [0.25, 0.3) is 16.8 Å². The van der Waals surface area contributed by atoms with Crippen molar-refractivity contribution in [2.45, 2.75) is 20.0 Å². The van der Waals surface area contributed by atoms with Gasteiger partial charge in [-0.25, -0.2) is 5.01 Å². The molecule has 1 aliphatic heterocycles. The molecule has 1 heterocycles. The number of amides is 2. The number of ether oxygens (including phenoxy) is 1. The first-order chi connectivity index (χ1) is 13.5. The Morgan fingerprint density at radius 1 is 0.929 bits per heavy atom. The number of carbonyl (C=O) groups excluding carboxylic acids is 2. The lowest BCUT2D eigenvalue weighted by Gasteiger charge is -2.15. The largest absolute Gasteiger partial charge is 0.490 e. The third kappa shape index (κ3) is 3.22. The normalized spacial score (nSPS) is 15.5. The predicted octanol–water partition coefficient (Wildman–Crippen LogP) is 4.09. The quantitative estimate of drug-likeness (QED) is 0.554. The van der Waals surface area contributed by atoms with E-state index < -0.39 is 5.91 Å². The average Bonchev–Trinajstić information content (AvgIpc) is 2.98. The number of hydrazine groups is 1. The molecule has 0 spiro atoms. The van der Waals surface area contributed by atoms with Crippen LogP contribution in [0.1, 0.15) is 19.4 Å². The van der Waals surface area contributed by atoms with E-state index in [9.17, 15) is 9.59 Å². The van der Waals surface area contributed by atoms with Gasteiger partial charge in [-0.15, -0.1) is 0 Å². The van der Waals surface area contributed by atoms with Crippen molar-refractivity contribution in [3.8, 4) is 5.75 Å². The molecule has 1 saturated heterocycles. The van der Waals surface area contributed by atoms with Crippen molar-refractivity contribution in [2.24, 2.45) is 0 Å². The smallest absolute Gasteiger partial charge is 0.282 e. The molecule has 28 heavy (non-hydrogen) atoms. The zero-order chi connectivity index (χ0) is 19.7. The van der Waals surface area contributed by atoms with E-state index in [1.54, 1.807) is 18.2 Å². The van der Waals surface area contributed by atoms with Crippen molar-refractivity contribution < 1.29 is 14.3 Å². The number of para-hydroxylation sites is 1. The van der Waals surface area contributed by atoms with Crippen LogP contribution in [0, 0.1) is 0 Å².